The Labute approximate surface area is 206 Å². The van der Waals surface area contributed by atoms with Gasteiger partial charge >= 0.3 is 0 Å². The second-order valence-corrected chi connectivity index (χ2v) is 8.47. The quantitative estimate of drug-likeness (QED) is 0.343. The van der Waals surface area contributed by atoms with E-state index in [1.54, 1.807) is 9.58 Å². The van der Waals surface area contributed by atoms with Gasteiger partial charge in [-0.3, -0.25) is 9.59 Å². The molecule has 2 amide bonds. The Kier molecular flexibility index (Phi) is 7.73. The molecule has 0 saturated carbocycles. The number of aromatic nitrogens is 2. The minimum atomic E-state index is -0.264. The molecule has 3 aromatic carbocycles. The number of nitrogens with zero attached hydrogens (tertiary/aromatic N) is 3. The molecule has 1 aromatic heterocycles. The lowest BCUT2D eigenvalue weighted by Gasteiger charge is -2.23. The van der Waals surface area contributed by atoms with Gasteiger partial charge in [0.25, 0.3) is 5.91 Å². The minimum absolute atomic E-state index is 0.0339. The topological polar surface area (TPSA) is 67.2 Å². The number of unbranched alkanes of at least 4 members (excludes halogenated alkanes) is 1. The summed E-state index contributed by atoms with van der Waals surface area (Å²) in [5.41, 5.74) is 4.07. The molecule has 1 heterocycles. The van der Waals surface area contributed by atoms with Crippen LogP contribution in [0.2, 0.25) is 0 Å². The average Bonchev–Trinajstić information content (AvgIpc) is 3.31. The predicted octanol–water partition coefficient (Wildman–Crippen LogP) is 5.73. The molecule has 4 aromatic rings. The summed E-state index contributed by atoms with van der Waals surface area (Å²) >= 11 is 0. The largest absolute Gasteiger partial charge is 0.329 e. The van der Waals surface area contributed by atoms with Gasteiger partial charge in [-0.1, -0.05) is 80.1 Å². The van der Waals surface area contributed by atoms with E-state index in [9.17, 15) is 9.59 Å². The maximum absolute atomic E-state index is 13.3. The van der Waals surface area contributed by atoms with Crippen LogP contribution >= 0.6 is 0 Å². The van der Waals surface area contributed by atoms with Crippen molar-refractivity contribution in [2.24, 2.45) is 0 Å². The number of carbonyl (C=O) groups excluding carboxylic acids is 2. The van der Waals surface area contributed by atoms with Crippen molar-refractivity contribution in [3.8, 4) is 16.9 Å². The molecule has 0 unspecified atom stereocenters. The number of para-hydroxylation sites is 1. The summed E-state index contributed by atoms with van der Waals surface area (Å²) in [6, 6.07) is 28.8. The summed E-state index contributed by atoms with van der Waals surface area (Å²) in [6.45, 7) is 4.47. The fourth-order valence-corrected chi connectivity index (χ4v) is 3.93. The molecule has 0 aliphatic rings. The van der Waals surface area contributed by atoms with Gasteiger partial charge < -0.3 is 10.2 Å². The highest BCUT2D eigenvalue weighted by Gasteiger charge is 2.21. The van der Waals surface area contributed by atoms with E-state index in [1.807, 2.05) is 97.9 Å². The van der Waals surface area contributed by atoms with Crippen LogP contribution < -0.4 is 5.32 Å². The van der Waals surface area contributed by atoms with Crippen LogP contribution in [0.1, 0.15) is 35.7 Å². The first-order valence-corrected chi connectivity index (χ1v) is 11.9. The van der Waals surface area contributed by atoms with Gasteiger partial charge in [-0.05, 0) is 37.1 Å². The summed E-state index contributed by atoms with van der Waals surface area (Å²) in [5.74, 6) is 0.159. The van der Waals surface area contributed by atoms with Crippen LogP contribution in [0.3, 0.4) is 0 Å². The van der Waals surface area contributed by atoms with E-state index in [-0.39, 0.29) is 18.4 Å². The van der Waals surface area contributed by atoms with E-state index in [0.717, 1.165) is 35.3 Å². The average molecular weight is 467 g/mol. The normalized spacial score (nSPS) is 10.7. The zero-order chi connectivity index (χ0) is 24.6. The summed E-state index contributed by atoms with van der Waals surface area (Å²) in [6.07, 6.45) is 1.76. The van der Waals surface area contributed by atoms with Crippen LogP contribution in [0.15, 0.2) is 91.0 Å². The van der Waals surface area contributed by atoms with Crippen molar-refractivity contribution in [3.63, 3.8) is 0 Å². The number of nitrogens with one attached hydrogen (secondary N) is 1. The number of hydrogen-bond acceptors (Lipinski definition) is 3. The Bertz CT molecular complexity index is 1280. The van der Waals surface area contributed by atoms with Crippen molar-refractivity contribution in [2.45, 2.75) is 26.7 Å². The van der Waals surface area contributed by atoms with Gasteiger partial charge in [0.2, 0.25) is 5.91 Å². The Morgan fingerprint density at radius 3 is 2.26 bits per heavy atom. The van der Waals surface area contributed by atoms with Crippen molar-refractivity contribution < 1.29 is 9.59 Å². The number of carbonyl (C=O) groups is 2. The van der Waals surface area contributed by atoms with Gasteiger partial charge in [0.1, 0.15) is 12.4 Å². The fourth-order valence-electron chi connectivity index (χ4n) is 3.93. The fraction of sp³-hybridized carbons (Fsp3) is 0.207. The smallest absolute Gasteiger partial charge is 0.254 e. The number of benzene rings is 3. The molecule has 0 spiro atoms. The first-order chi connectivity index (χ1) is 17.1. The number of rotatable bonds is 9. The SMILES string of the molecule is CCCCN(CC(=O)Nc1cc(-c2ccccc2)nn1-c1ccccc1)C(=O)c1ccccc1C. The lowest BCUT2D eigenvalue weighted by atomic mass is 10.1. The first kappa shape index (κ1) is 24.0. The molecule has 0 aliphatic heterocycles. The third-order valence-corrected chi connectivity index (χ3v) is 5.83. The van der Waals surface area contributed by atoms with E-state index in [1.165, 1.54) is 0 Å². The highest BCUT2D eigenvalue weighted by atomic mass is 16.2. The standard InChI is InChI=1S/C29H30N4O2/c1-3-4-19-32(29(35)25-18-12-11-13-22(25)2)21-28(34)30-27-20-26(23-14-7-5-8-15-23)31-33(27)24-16-9-6-10-17-24/h5-18,20H,3-4,19,21H2,1-2H3,(H,30,34). The maximum atomic E-state index is 13.3. The second-order valence-electron chi connectivity index (χ2n) is 8.47. The Balaban J connectivity index is 1.59. The second kappa shape index (κ2) is 11.3. The van der Waals surface area contributed by atoms with Crippen molar-refractivity contribution in [1.82, 2.24) is 14.7 Å². The van der Waals surface area contributed by atoms with Gasteiger partial charge in [0.15, 0.2) is 0 Å². The van der Waals surface area contributed by atoms with Gasteiger partial charge in [-0.25, -0.2) is 4.68 Å². The molecule has 6 nitrogen and oxygen atoms in total. The molecular formula is C29H30N4O2. The molecule has 0 radical (unpaired) electrons. The van der Waals surface area contributed by atoms with E-state index >= 15 is 0 Å². The Hall–Kier alpha value is -4.19. The van der Waals surface area contributed by atoms with Gasteiger partial charge in [0.05, 0.1) is 11.4 Å². The molecular weight excluding hydrogens is 436 g/mol. The molecule has 0 atom stereocenters. The summed E-state index contributed by atoms with van der Waals surface area (Å²) < 4.78 is 1.72. The number of anilines is 1. The highest BCUT2D eigenvalue weighted by Crippen LogP contribution is 2.25. The Morgan fingerprint density at radius 1 is 0.914 bits per heavy atom. The highest BCUT2D eigenvalue weighted by molar-refractivity contribution is 6.00. The van der Waals surface area contributed by atoms with Crippen LogP contribution in [0.5, 0.6) is 0 Å². The van der Waals surface area contributed by atoms with Crippen molar-refractivity contribution in [3.05, 3.63) is 102 Å². The number of amides is 2. The van der Waals surface area contributed by atoms with Crippen molar-refractivity contribution >= 4 is 17.6 Å². The monoisotopic (exact) mass is 466 g/mol. The van der Waals surface area contributed by atoms with E-state index in [4.69, 9.17) is 5.10 Å². The predicted molar refractivity (Wildman–Crippen MR) is 140 cm³/mol. The summed E-state index contributed by atoms with van der Waals surface area (Å²) in [5, 5.41) is 7.74. The van der Waals surface area contributed by atoms with Crippen LogP contribution in [0.4, 0.5) is 5.82 Å². The van der Waals surface area contributed by atoms with Crippen molar-refractivity contribution in [1.29, 1.82) is 0 Å². The third kappa shape index (κ3) is 5.84. The molecule has 0 saturated heterocycles. The third-order valence-electron chi connectivity index (χ3n) is 5.83. The molecule has 1 N–H and O–H groups in total. The Morgan fingerprint density at radius 2 is 1.57 bits per heavy atom. The first-order valence-electron chi connectivity index (χ1n) is 11.9. The van der Waals surface area contributed by atoms with E-state index in [0.29, 0.717) is 17.9 Å². The molecule has 6 heteroatoms. The van der Waals surface area contributed by atoms with Gasteiger partial charge in [-0.2, -0.15) is 5.10 Å². The molecule has 178 valence electrons. The van der Waals surface area contributed by atoms with E-state index in [2.05, 4.69) is 12.2 Å². The van der Waals surface area contributed by atoms with Crippen LogP contribution in [-0.4, -0.2) is 39.6 Å². The zero-order valence-electron chi connectivity index (χ0n) is 20.1. The zero-order valence-corrected chi connectivity index (χ0v) is 20.1. The lowest BCUT2D eigenvalue weighted by Crippen LogP contribution is -2.39. The van der Waals surface area contributed by atoms with Crippen LogP contribution in [-0.2, 0) is 4.79 Å². The van der Waals surface area contributed by atoms with Crippen LogP contribution in [0, 0.1) is 6.92 Å². The van der Waals surface area contributed by atoms with Gasteiger partial charge in [-0.15, -0.1) is 0 Å². The lowest BCUT2D eigenvalue weighted by molar-refractivity contribution is -0.117. The molecule has 0 bridgehead atoms. The number of aryl methyl sites for hydroxylation is 1. The number of hydrogen-bond donors (Lipinski definition) is 1. The molecule has 4 rings (SSSR count). The van der Waals surface area contributed by atoms with Crippen LogP contribution in [0.25, 0.3) is 16.9 Å². The van der Waals surface area contributed by atoms with Gasteiger partial charge in [0, 0.05) is 23.7 Å². The summed E-state index contributed by atoms with van der Waals surface area (Å²) in [7, 11) is 0. The van der Waals surface area contributed by atoms with Crippen molar-refractivity contribution in [2.75, 3.05) is 18.4 Å². The van der Waals surface area contributed by atoms with E-state index < -0.39 is 0 Å². The molecule has 0 aliphatic carbocycles. The molecule has 0 fully saturated rings. The molecule has 35 heavy (non-hydrogen) atoms. The summed E-state index contributed by atoms with van der Waals surface area (Å²) in [4.78, 5) is 28.1. The minimum Gasteiger partial charge on any atom is -0.329 e. The maximum Gasteiger partial charge on any atom is 0.254 e.